The van der Waals surface area contributed by atoms with E-state index < -0.39 is 10.0 Å². The molecule has 0 aliphatic heterocycles. The normalized spacial score (nSPS) is 11.7. The summed E-state index contributed by atoms with van der Waals surface area (Å²) in [5, 5.41) is 0.876. The van der Waals surface area contributed by atoms with Gasteiger partial charge in [0.05, 0.1) is 17.5 Å². The SMILES string of the molecule is COc1ccc(S(=O)(=O)NCc2cc3cc(C)cc(C)c3[nH]c2=O)cc1C. The van der Waals surface area contributed by atoms with E-state index >= 15 is 0 Å². The Kier molecular flexibility index (Phi) is 5.08. The first-order valence-corrected chi connectivity index (χ1v) is 9.97. The van der Waals surface area contributed by atoms with Crippen LogP contribution in [0.5, 0.6) is 5.75 Å². The second-order valence-electron chi connectivity index (χ2n) is 6.63. The fraction of sp³-hybridized carbons (Fsp3) is 0.250. The van der Waals surface area contributed by atoms with Crippen molar-refractivity contribution in [2.75, 3.05) is 7.11 Å². The van der Waals surface area contributed by atoms with Gasteiger partial charge in [0.2, 0.25) is 10.0 Å². The number of H-pyrrole nitrogens is 1. The molecule has 0 aliphatic carbocycles. The molecule has 27 heavy (non-hydrogen) atoms. The zero-order valence-corrected chi connectivity index (χ0v) is 16.5. The van der Waals surface area contributed by atoms with Crippen molar-refractivity contribution in [2.24, 2.45) is 0 Å². The summed E-state index contributed by atoms with van der Waals surface area (Å²) in [5.74, 6) is 0.616. The van der Waals surface area contributed by atoms with Gasteiger partial charge in [0.1, 0.15) is 5.75 Å². The molecule has 0 fully saturated rings. The number of pyridine rings is 1. The summed E-state index contributed by atoms with van der Waals surface area (Å²) in [6, 6.07) is 10.3. The highest BCUT2D eigenvalue weighted by Crippen LogP contribution is 2.22. The van der Waals surface area contributed by atoms with Crippen LogP contribution < -0.4 is 15.0 Å². The summed E-state index contributed by atoms with van der Waals surface area (Å²) in [6.07, 6.45) is 0. The Morgan fingerprint density at radius 2 is 1.78 bits per heavy atom. The molecule has 2 N–H and O–H groups in total. The van der Waals surface area contributed by atoms with Crippen LogP contribution in [0.2, 0.25) is 0 Å². The zero-order valence-electron chi connectivity index (χ0n) is 15.7. The largest absolute Gasteiger partial charge is 0.496 e. The van der Waals surface area contributed by atoms with Crippen LogP contribution >= 0.6 is 0 Å². The number of nitrogens with one attached hydrogen (secondary N) is 2. The molecular weight excluding hydrogens is 364 g/mol. The van der Waals surface area contributed by atoms with Gasteiger partial charge >= 0.3 is 0 Å². The molecule has 0 aliphatic rings. The van der Waals surface area contributed by atoms with E-state index in [0.717, 1.165) is 27.6 Å². The molecular formula is C20H22N2O4S. The van der Waals surface area contributed by atoms with Gasteiger partial charge in [0.25, 0.3) is 5.56 Å². The first-order chi connectivity index (χ1) is 12.7. The van der Waals surface area contributed by atoms with Crippen molar-refractivity contribution in [1.82, 2.24) is 9.71 Å². The number of rotatable bonds is 5. The lowest BCUT2D eigenvalue weighted by Gasteiger charge is -2.10. The number of ether oxygens (including phenoxy) is 1. The fourth-order valence-corrected chi connectivity index (χ4v) is 4.23. The van der Waals surface area contributed by atoms with Crippen LogP contribution in [0.25, 0.3) is 10.9 Å². The standard InChI is InChI=1S/C20H22N2O4S/c1-12-7-14(3)19-15(8-12)10-16(20(23)22-19)11-21-27(24,25)17-5-6-18(26-4)13(2)9-17/h5-10,21H,11H2,1-4H3,(H,22,23). The van der Waals surface area contributed by atoms with E-state index in [2.05, 4.69) is 9.71 Å². The number of sulfonamides is 1. The molecule has 142 valence electrons. The summed E-state index contributed by atoms with van der Waals surface area (Å²) in [4.78, 5) is 15.3. The summed E-state index contributed by atoms with van der Waals surface area (Å²) < 4.78 is 32.8. The first kappa shape index (κ1) is 19.1. The van der Waals surface area contributed by atoms with Crippen LogP contribution in [-0.2, 0) is 16.6 Å². The first-order valence-electron chi connectivity index (χ1n) is 8.49. The van der Waals surface area contributed by atoms with Gasteiger partial charge in [0, 0.05) is 12.1 Å². The average molecular weight is 386 g/mol. The molecule has 1 heterocycles. The molecule has 0 saturated heterocycles. The molecule has 3 rings (SSSR count). The minimum Gasteiger partial charge on any atom is -0.496 e. The maximum Gasteiger partial charge on any atom is 0.252 e. The van der Waals surface area contributed by atoms with Crippen molar-refractivity contribution >= 4 is 20.9 Å². The third-order valence-corrected chi connectivity index (χ3v) is 5.90. The van der Waals surface area contributed by atoms with Crippen molar-refractivity contribution in [3.63, 3.8) is 0 Å². The Labute approximate surface area is 158 Å². The second kappa shape index (κ2) is 7.17. The van der Waals surface area contributed by atoms with E-state index in [9.17, 15) is 13.2 Å². The second-order valence-corrected chi connectivity index (χ2v) is 8.39. The quantitative estimate of drug-likeness (QED) is 0.706. The molecule has 1 aromatic heterocycles. The number of hydrogen-bond acceptors (Lipinski definition) is 4. The predicted octanol–water partition coefficient (Wildman–Crippen LogP) is 2.94. The third kappa shape index (κ3) is 3.89. The third-order valence-electron chi connectivity index (χ3n) is 4.50. The summed E-state index contributed by atoms with van der Waals surface area (Å²) in [5.41, 5.74) is 3.59. The summed E-state index contributed by atoms with van der Waals surface area (Å²) in [6.45, 7) is 5.59. The molecule has 0 spiro atoms. The van der Waals surface area contributed by atoms with Gasteiger partial charge < -0.3 is 9.72 Å². The molecule has 0 radical (unpaired) electrons. The zero-order chi connectivity index (χ0) is 19.8. The molecule has 2 aromatic carbocycles. The molecule has 7 heteroatoms. The van der Waals surface area contributed by atoms with Gasteiger partial charge in [-0.1, -0.05) is 11.6 Å². The van der Waals surface area contributed by atoms with Gasteiger partial charge in [-0.2, -0.15) is 0 Å². The number of aromatic amines is 1. The van der Waals surface area contributed by atoms with Gasteiger partial charge in [-0.3, -0.25) is 4.79 Å². The van der Waals surface area contributed by atoms with Crippen molar-refractivity contribution in [3.8, 4) is 5.75 Å². The van der Waals surface area contributed by atoms with Crippen LogP contribution in [0.4, 0.5) is 0 Å². The molecule has 0 bridgehead atoms. The van der Waals surface area contributed by atoms with Crippen molar-refractivity contribution in [1.29, 1.82) is 0 Å². The van der Waals surface area contributed by atoms with Crippen molar-refractivity contribution in [3.05, 3.63) is 69.0 Å². The smallest absolute Gasteiger partial charge is 0.252 e. The van der Waals surface area contributed by atoms with Crippen LogP contribution in [0, 0.1) is 20.8 Å². The molecule has 0 unspecified atom stereocenters. The molecule has 6 nitrogen and oxygen atoms in total. The topological polar surface area (TPSA) is 88.3 Å². The highest BCUT2D eigenvalue weighted by molar-refractivity contribution is 7.89. The molecule has 0 saturated carbocycles. The minimum atomic E-state index is -3.75. The van der Waals surface area contributed by atoms with Crippen molar-refractivity contribution < 1.29 is 13.2 Å². The Balaban J connectivity index is 1.90. The Bertz CT molecular complexity index is 1180. The Hall–Kier alpha value is -2.64. The van der Waals surface area contributed by atoms with E-state index in [4.69, 9.17) is 4.74 Å². The van der Waals surface area contributed by atoms with E-state index in [0.29, 0.717) is 11.3 Å². The van der Waals surface area contributed by atoms with Crippen LogP contribution in [0.1, 0.15) is 22.3 Å². The lowest BCUT2D eigenvalue weighted by Crippen LogP contribution is -2.27. The highest BCUT2D eigenvalue weighted by Gasteiger charge is 2.16. The lowest BCUT2D eigenvalue weighted by molar-refractivity contribution is 0.411. The maximum atomic E-state index is 12.6. The van der Waals surface area contributed by atoms with Gasteiger partial charge in [-0.25, -0.2) is 13.1 Å². The monoisotopic (exact) mass is 386 g/mol. The molecule has 0 amide bonds. The van der Waals surface area contributed by atoms with Crippen molar-refractivity contribution in [2.45, 2.75) is 32.2 Å². The van der Waals surface area contributed by atoms with E-state index in [1.807, 2.05) is 26.0 Å². The van der Waals surface area contributed by atoms with Crippen LogP contribution in [0.15, 0.2) is 46.1 Å². The maximum absolute atomic E-state index is 12.6. The van der Waals surface area contributed by atoms with Crippen LogP contribution in [-0.4, -0.2) is 20.5 Å². The van der Waals surface area contributed by atoms with Crippen LogP contribution in [0.3, 0.4) is 0 Å². The number of aromatic nitrogens is 1. The van der Waals surface area contributed by atoms with E-state index in [1.165, 1.54) is 13.2 Å². The summed E-state index contributed by atoms with van der Waals surface area (Å²) in [7, 11) is -2.22. The summed E-state index contributed by atoms with van der Waals surface area (Å²) >= 11 is 0. The Morgan fingerprint density at radius 3 is 2.44 bits per heavy atom. The van der Waals surface area contributed by atoms with Gasteiger partial charge in [-0.05, 0) is 67.6 Å². The Morgan fingerprint density at radius 1 is 1.04 bits per heavy atom. The average Bonchev–Trinajstić information content (AvgIpc) is 2.60. The highest BCUT2D eigenvalue weighted by atomic mass is 32.2. The lowest BCUT2D eigenvalue weighted by atomic mass is 10.1. The minimum absolute atomic E-state index is 0.0916. The number of methoxy groups -OCH3 is 1. The number of benzene rings is 2. The van der Waals surface area contributed by atoms with E-state index in [1.54, 1.807) is 25.1 Å². The molecule has 0 atom stereocenters. The van der Waals surface area contributed by atoms with Gasteiger partial charge in [0.15, 0.2) is 0 Å². The molecule has 3 aromatic rings. The predicted molar refractivity (Wildman–Crippen MR) is 106 cm³/mol. The fourth-order valence-electron chi connectivity index (χ4n) is 3.14. The van der Waals surface area contributed by atoms with Gasteiger partial charge in [-0.15, -0.1) is 0 Å². The number of hydrogen-bond donors (Lipinski definition) is 2. The number of fused-ring (bicyclic) bond motifs is 1. The number of aryl methyl sites for hydroxylation is 3. The van der Waals surface area contributed by atoms with E-state index in [-0.39, 0.29) is 17.0 Å².